The molecule has 17 heavy (non-hydrogen) atoms. The average Bonchev–Trinajstić information content (AvgIpc) is 2.33. The Kier molecular flexibility index (Phi) is 4.41. The second-order valence-corrected chi connectivity index (χ2v) is 5.32. The van der Waals surface area contributed by atoms with Crippen LogP contribution in [0.1, 0.15) is 31.2 Å². The maximum absolute atomic E-state index is 13.7. The lowest BCUT2D eigenvalue weighted by Gasteiger charge is -2.31. The second-order valence-electron chi connectivity index (χ2n) is 4.88. The Balaban J connectivity index is 2.08. The van der Waals surface area contributed by atoms with E-state index in [1.165, 1.54) is 31.7 Å². The van der Waals surface area contributed by atoms with Gasteiger partial charge in [0.15, 0.2) is 0 Å². The van der Waals surface area contributed by atoms with Gasteiger partial charge in [0.25, 0.3) is 0 Å². The topological polar surface area (TPSA) is 12.0 Å². The van der Waals surface area contributed by atoms with Crippen molar-refractivity contribution in [2.75, 3.05) is 7.05 Å². The number of halogens is 2. The number of benzene rings is 1. The molecule has 1 aliphatic rings. The van der Waals surface area contributed by atoms with Gasteiger partial charge in [-0.1, -0.05) is 30.5 Å². The van der Waals surface area contributed by atoms with Gasteiger partial charge in [0, 0.05) is 11.1 Å². The smallest absolute Gasteiger partial charge is 0.127 e. The average molecular weight is 256 g/mol. The summed E-state index contributed by atoms with van der Waals surface area (Å²) in [4.78, 5) is 0. The molecule has 1 nitrogen and oxygen atoms in total. The molecule has 0 bridgehead atoms. The predicted octanol–water partition coefficient (Wildman–Crippen LogP) is 3.80. The molecule has 1 fully saturated rings. The standard InChI is InChI=1S/C14H19ClFN/c1-17-14-5-3-2-4-11(14)8-10-6-7-12(15)9-13(10)16/h6-7,9,11,14,17H,2-5,8H2,1H3. The SMILES string of the molecule is CNC1CCCCC1Cc1ccc(Cl)cc1F. The molecule has 0 heterocycles. The Morgan fingerprint density at radius 3 is 2.82 bits per heavy atom. The Bertz CT molecular complexity index is 380. The highest BCUT2D eigenvalue weighted by Crippen LogP contribution is 2.28. The van der Waals surface area contributed by atoms with E-state index in [2.05, 4.69) is 5.32 Å². The molecule has 94 valence electrons. The molecule has 0 saturated heterocycles. The third-order valence-electron chi connectivity index (χ3n) is 3.78. The van der Waals surface area contributed by atoms with E-state index in [1.54, 1.807) is 6.07 Å². The van der Waals surface area contributed by atoms with Gasteiger partial charge in [-0.3, -0.25) is 0 Å². The first-order chi connectivity index (χ1) is 8.20. The van der Waals surface area contributed by atoms with Crippen molar-refractivity contribution in [3.63, 3.8) is 0 Å². The van der Waals surface area contributed by atoms with Crippen molar-refractivity contribution in [3.8, 4) is 0 Å². The maximum Gasteiger partial charge on any atom is 0.127 e. The van der Waals surface area contributed by atoms with Gasteiger partial charge in [-0.25, -0.2) is 4.39 Å². The van der Waals surface area contributed by atoms with Crippen LogP contribution >= 0.6 is 11.6 Å². The molecule has 0 aliphatic heterocycles. The molecule has 1 aromatic rings. The summed E-state index contributed by atoms with van der Waals surface area (Å²) in [7, 11) is 2.00. The number of nitrogens with one attached hydrogen (secondary N) is 1. The monoisotopic (exact) mass is 255 g/mol. The minimum Gasteiger partial charge on any atom is -0.317 e. The Morgan fingerprint density at radius 2 is 2.12 bits per heavy atom. The van der Waals surface area contributed by atoms with Crippen molar-refractivity contribution in [3.05, 3.63) is 34.6 Å². The summed E-state index contributed by atoms with van der Waals surface area (Å²) in [6.45, 7) is 0. The number of hydrogen-bond donors (Lipinski definition) is 1. The van der Waals surface area contributed by atoms with Gasteiger partial charge >= 0.3 is 0 Å². The van der Waals surface area contributed by atoms with Crippen LogP contribution in [-0.4, -0.2) is 13.1 Å². The van der Waals surface area contributed by atoms with Crippen LogP contribution < -0.4 is 5.32 Å². The third-order valence-corrected chi connectivity index (χ3v) is 4.01. The van der Waals surface area contributed by atoms with E-state index in [9.17, 15) is 4.39 Å². The van der Waals surface area contributed by atoms with Crippen LogP contribution in [0.5, 0.6) is 0 Å². The molecule has 1 N–H and O–H groups in total. The molecule has 0 amide bonds. The van der Waals surface area contributed by atoms with Crippen LogP contribution in [0.4, 0.5) is 4.39 Å². The summed E-state index contributed by atoms with van der Waals surface area (Å²) in [5.74, 6) is 0.377. The van der Waals surface area contributed by atoms with Gasteiger partial charge in [0.1, 0.15) is 5.82 Å². The van der Waals surface area contributed by atoms with Crippen molar-refractivity contribution in [1.29, 1.82) is 0 Å². The fourth-order valence-corrected chi connectivity index (χ4v) is 2.96. The predicted molar refractivity (Wildman–Crippen MR) is 69.9 cm³/mol. The summed E-state index contributed by atoms with van der Waals surface area (Å²) >= 11 is 5.76. The van der Waals surface area contributed by atoms with Crippen LogP contribution in [0.3, 0.4) is 0 Å². The highest BCUT2D eigenvalue weighted by Gasteiger charge is 2.24. The number of rotatable bonds is 3. The van der Waals surface area contributed by atoms with Crippen molar-refractivity contribution in [2.45, 2.75) is 38.1 Å². The van der Waals surface area contributed by atoms with Gasteiger partial charge in [-0.2, -0.15) is 0 Å². The first kappa shape index (κ1) is 12.8. The van der Waals surface area contributed by atoms with E-state index in [0.717, 1.165) is 12.0 Å². The maximum atomic E-state index is 13.7. The third kappa shape index (κ3) is 3.20. The van der Waals surface area contributed by atoms with E-state index in [-0.39, 0.29) is 5.82 Å². The molecule has 1 saturated carbocycles. The Morgan fingerprint density at radius 1 is 1.35 bits per heavy atom. The minimum atomic E-state index is -0.169. The van der Waals surface area contributed by atoms with Gasteiger partial charge in [-0.05, 0) is 49.9 Å². The lowest BCUT2D eigenvalue weighted by molar-refractivity contribution is 0.271. The van der Waals surface area contributed by atoms with E-state index in [1.807, 2.05) is 13.1 Å². The molecule has 0 spiro atoms. The Labute approximate surface area is 107 Å². The van der Waals surface area contributed by atoms with Crippen LogP contribution in [0, 0.1) is 11.7 Å². The first-order valence-corrected chi connectivity index (χ1v) is 6.69. The summed E-state index contributed by atoms with van der Waals surface area (Å²) in [5.41, 5.74) is 0.793. The minimum absolute atomic E-state index is 0.169. The van der Waals surface area contributed by atoms with Gasteiger partial charge in [0.2, 0.25) is 0 Å². The van der Waals surface area contributed by atoms with Crippen LogP contribution in [0.25, 0.3) is 0 Å². The lowest BCUT2D eigenvalue weighted by atomic mass is 9.81. The van der Waals surface area contributed by atoms with Crippen LogP contribution in [0.2, 0.25) is 5.02 Å². The molecular weight excluding hydrogens is 237 g/mol. The molecule has 3 heteroatoms. The molecule has 2 rings (SSSR count). The van der Waals surface area contributed by atoms with Crippen LogP contribution in [0.15, 0.2) is 18.2 Å². The second kappa shape index (κ2) is 5.83. The van der Waals surface area contributed by atoms with Crippen LogP contribution in [-0.2, 0) is 6.42 Å². The largest absolute Gasteiger partial charge is 0.317 e. The lowest BCUT2D eigenvalue weighted by Crippen LogP contribution is -2.37. The van der Waals surface area contributed by atoms with Gasteiger partial charge < -0.3 is 5.32 Å². The van der Waals surface area contributed by atoms with Crippen molar-refractivity contribution in [1.82, 2.24) is 5.32 Å². The van der Waals surface area contributed by atoms with Crippen molar-refractivity contribution < 1.29 is 4.39 Å². The zero-order chi connectivity index (χ0) is 12.3. The quantitative estimate of drug-likeness (QED) is 0.866. The highest BCUT2D eigenvalue weighted by atomic mass is 35.5. The molecule has 2 atom stereocenters. The van der Waals surface area contributed by atoms with Crippen molar-refractivity contribution in [2.24, 2.45) is 5.92 Å². The highest BCUT2D eigenvalue weighted by molar-refractivity contribution is 6.30. The summed E-state index contributed by atoms with van der Waals surface area (Å²) in [6.07, 6.45) is 5.75. The van der Waals surface area contributed by atoms with E-state index in [4.69, 9.17) is 11.6 Å². The molecule has 1 aliphatic carbocycles. The molecule has 1 aromatic carbocycles. The van der Waals surface area contributed by atoms with E-state index in [0.29, 0.717) is 17.0 Å². The fraction of sp³-hybridized carbons (Fsp3) is 0.571. The van der Waals surface area contributed by atoms with Gasteiger partial charge in [-0.15, -0.1) is 0 Å². The zero-order valence-electron chi connectivity index (χ0n) is 10.2. The zero-order valence-corrected chi connectivity index (χ0v) is 10.9. The number of hydrogen-bond acceptors (Lipinski definition) is 1. The molecule has 0 aromatic heterocycles. The van der Waals surface area contributed by atoms with E-state index < -0.39 is 0 Å². The van der Waals surface area contributed by atoms with Crippen molar-refractivity contribution >= 4 is 11.6 Å². The molecule has 0 radical (unpaired) electrons. The summed E-state index contributed by atoms with van der Waals surface area (Å²) < 4.78 is 13.7. The Hall–Kier alpha value is -0.600. The normalized spacial score (nSPS) is 24.9. The fourth-order valence-electron chi connectivity index (χ4n) is 2.80. The van der Waals surface area contributed by atoms with Gasteiger partial charge in [0.05, 0.1) is 0 Å². The molecular formula is C14H19ClFN. The van der Waals surface area contributed by atoms with E-state index >= 15 is 0 Å². The molecule has 2 unspecified atom stereocenters. The summed E-state index contributed by atoms with van der Waals surface area (Å²) in [6, 6.07) is 5.53. The summed E-state index contributed by atoms with van der Waals surface area (Å²) in [5, 5.41) is 3.83. The first-order valence-electron chi connectivity index (χ1n) is 6.32.